The number of hydrogen-bond donors (Lipinski definition) is 1. The Morgan fingerprint density at radius 1 is 1.53 bits per heavy atom. The molecule has 4 heteroatoms. The molecule has 0 aliphatic carbocycles. The summed E-state index contributed by atoms with van der Waals surface area (Å²) in [4.78, 5) is 4.38. The summed E-state index contributed by atoms with van der Waals surface area (Å²) in [6.07, 6.45) is 2.63. The van der Waals surface area contributed by atoms with E-state index >= 15 is 0 Å². The van der Waals surface area contributed by atoms with Crippen LogP contribution in [-0.4, -0.2) is 11.5 Å². The summed E-state index contributed by atoms with van der Waals surface area (Å²) in [7, 11) is 0. The molecule has 0 amide bonds. The molecule has 2 heterocycles. The van der Waals surface area contributed by atoms with Gasteiger partial charge in [-0.25, -0.2) is 4.98 Å². The molecule has 0 bridgehead atoms. The maximum absolute atomic E-state index is 5.24. The summed E-state index contributed by atoms with van der Waals surface area (Å²) >= 11 is 1.69. The molecule has 0 spiro atoms. The second kappa shape index (κ2) is 5.09. The zero-order valence-corrected chi connectivity index (χ0v) is 9.51. The van der Waals surface area contributed by atoms with Gasteiger partial charge in [0.05, 0.1) is 17.0 Å². The standard InChI is InChI=1S/C11H14N2OS/c1-9-13-10(8-15-9)7-12-5-4-11-3-2-6-14-11/h2-3,6,8,12H,4-5,7H2,1H3. The molecule has 0 atom stereocenters. The molecule has 0 aromatic carbocycles. The van der Waals surface area contributed by atoms with Crippen LogP contribution in [0.15, 0.2) is 28.2 Å². The minimum Gasteiger partial charge on any atom is -0.469 e. The highest BCUT2D eigenvalue weighted by Gasteiger charge is 1.98. The molecule has 0 unspecified atom stereocenters. The Morgan fingerprint density at radius 2 is 2.47 bits per heavy atom. The van der Waals surface area contributed by atoms with Crippen LogP contribution in [0.4, 0.5) is 0 Å². The first-order valence-corrected chi connectivity index (χ1v) is 5.86. The second-order valence-corrected chi connectivity index (χ2v) is 4.43. The van der Waals surface area contributed by atoms with Gasteiger partial charge in [-0.2, -0.15) is 0 Å². The molecular weight excluding hydrogens is 208 g/mol. The number of hydrogen-bond acceptors (Lipinski definition) is 4. The fourth-order valence-corrected chi connectivity index (χ4v) is 1.98. The summed E-state index contributed by atoms with van der Waals surface area (Å²) in [6.45, 7) is 3.78. The highest BCUT2D eigenvalue weighted by atomic mass is 32.1. The van der Waals surface area contributed by atoms with E-state index < -0.39 is 0 Å². The Hall–Kier alpha value is -1.13. The molecule has 0 aliphatic rings. The first kappa shape index (κ1) is 10.4. The van der Waals surface area contributed by atoms with E-state index in [1.807, 2.05) is 19.1 Å². The smallest absolute Gasteiger partial charge is 0.105 e. The van der Waals surface area contributed by atoms with Gasteiger partial charge in [-0.05, 0) is 19.1 Å². The minimum absolute atomic E-state index is 0.838. The van der Waals surface area contributed by atoms with E-state index in [0.717, 1.165) is 36.0 Å². The number of thiazole rings is 1. The lowest BCUT2D eigenvalue weighted by atomic mass is 10.3. The first-order chi connectivity index (χ1) is 7.34. The zero-order valence-electron chi connectivity index (χ0n) is 8.69. The van der Waals surface area contributed by atoms with Gasteiger partial charge in [-0.3, -0.25) is 0 Å². The molecule has 0 fully saturated rings. The number of nitrogens with zero attached hydrogens (tertiary/aromatic N) is 1. The van der Waals surface area contributed by atoms with Crippen molar-refractivity contribution in [1.29, 1.82) is 0 Å². The van der Waals surface area contributed by atoms with Crippen molar-refractivity contribution in [3.8, 4) is 0 Å². The predicted octanol–water partition coefficient (Wildman–Crippen LogP) is 2.38. The monoisotopic (exact) mass is 222 g/mol. The van der Waals surface area contributed by atoms with Crippen LogP contribution in [0.3, 0.4) is 0 Å². The van der Waals surface area contributed by atoms with E-state index in [1.165, 1.54) is 0 Å². The van der Waals surface area contributed by atoms with Crippen LogP contribution in [0.2, 0.25) is 0 Å². The van der Waals surface area contributed by atoms with Crippen molar-refractivity contribution in [2.24, 2.45) is 0 Å². The second-order valence-electron chi connectivity index (χ2n) is 3.36. The summed E-state index contributed by atoms with van der Waals surface area (Å²) in [5.41, 5.74) is 1.12. The van der Waals surface area contributed by atoms with E-state index in [4.69, 9.17) is 4.42 Å². The van der Waals surface area contributed by atoms with Gasteiger partial charge in [0, 0.05) is 24.9 Å². The Labute approximate surface area is 93.2 Å². The molecule has 2 aromatic rings. The maximum atomic E-state index is 5.24. The first-order valence-electron chi connectivity index (χ1n) is 4.99. The minimum atomic E-state index is 0.838. The quantitative estimate of drug-likeness (QED) is 0.789. The fraction of sp³-hybridized carbons (Fsp3) is 0.364. The van der Waals surface area contributed by atoms with Gasteiger partial charge < -0.3 is 9.73 Å². The molecule has 0 aliphatic heterocycles. The number of rotatable bonds is 5. The fourth-order valence-electron chi connectivity index (χ4n) is 1.37. The van der Waals surface area contributed by atoms with E-state index in [9.17, 15) is 0 Å². The van der Waals surface area contributed by atoms with E-state index in [1.54, 1.807) is 17.6 Å². The molecule has 2 rings (SSSR count). The third kappa shape index (κ3) is 3.18. The van der Waals surface area contributed by atoms with Crippen LogP contribution < -0.4 is 5.32 Å². The molecule has 3 nitrogen and oxygen atoms in total. The molecule has 0 radical (unpaired) electrons. The van der Waals surface area contributed by atoms with Crippen LogP contribution in [0.25, 0.3) is 0 Å². The highest BCUT2D eigenvalue weighted by Crippen LogP contribution is 2.07. The van der Waals surface area contributed by atoms with Crippen LogP contribution in [0.5, 0.6) is 0 Å². The summed E-state index contributed by atoms with van der Waals surface area (Å²) in [6, 6.07) is 3.91. The SMILES string of the molecule is Cc1nc(CNCCc2ccco2)cs1. The molecule has 0 saturated heterocycles. The van der Waals surface area contributed by atoms with Crippen molar-refractivity contribution in [1.82, 2.24) is 10.3 Å². The number of aryl methyl sites for hydroxylation is 1. The molecule has 15 heavy (non-hydrogen) atoms. The van der Waals surface area contributed by atoms with Crippen LogP contribution in [-0.2, 0) is 13.0 Å². The molecular formula is C11H14N2OS. The molecule has 0 saturated carbocycles. The lowest BCUT2D eigenvalue weighted by Gasteiger charge is -2.00. The van der Waals surface area contributed by atoms with Crippen molar-refractivity contribution in [3.05, 3.63) is 40.2 Å². The third-order valence-electron chi connectivity index (χ3n) is 2.10. The van der Waals surface area contributed by atoms with Gasteiger partial charge in [0.15, 0.2) is 0 Å². The highest BCUT2D eigenvalue weighted by molar-refractivity contribution is 7.09. The van der Waals surface area contributed by atoms with Crippen molar-refractivity contribution in [3.63, 3.8) is 0 Å². The van der Waals surface area contributed by atoms with Crippen molar-refractivity contribution >= 4 is 11.3 Å². The Morgan fingerprint density at radius 3 is 3.13 bits per heavy atom. The largest absolute Gasteiger partial charge is 0.469 e. The Balaban J connectivity index is 1.67. The average molecular weight is 222 g/mol. The number of nitrogens with one attached hydrogen (secondary N) is 1. The van der Waals surface area contributed by atoms with Crippen molar-refractivity contribution < 1.29 is 4.42 Å². The average Bonchev–Trinajstić information content (AvgIpc) is 2.84. The van der Waals surface area contributed by atoms with E-state index in [2.05, 4.69) is 15.7 Å². The van der Waals surface area contributed by atoms with Crippen LogP contribution in [0.1, 0.15) is 16.5 Å². The molecule has 80 valence electrons. The van der Waals surface area contributed by atoms with Gasteiger partial charge >= 0.3 is 0 Å². The normalized spacial score (nSPS) is 10.7. The van der Waals surface area contributed by atoms with Gasteiger partial charge in [-0.15, -0.1) is 11.3 Å². The third-order valence-corrected chi connectivity index (χ3v) is 2.92. The van der Waals surface area contributed by atoms with Gasteiger partial charge in [0.2, 0.25) is 0 Å². The van der Waals surface area contributed by atoms with Crippen molar-refractivity contribution in [2.75, 3.05) is 6.54 Å². The predicted molar refractivity (Wildman–Crippen MR) is 61.0 cm³/mol. The van der Waals surface area contributed by atoms with Gasteiger partial charge in [0.1, 0.15) is 5.76 Å². The zero-order chi connectivity index (χ0) is 10.5. The molecule has 1 N–H and O–H groups in total. The topological polar surface area (TPSA) is 38.1 Å². The van der Waals surface area contributed by atoms with E-state index in [-0.39, 0.29) is 0 Å². The lowest BCUT2D eigenvalue weighted by molar-refractivity contribution is 0.498. The van der Waals surface area contributed by atoms with Crippen molar-refractivity contribution in [2.45, 2.75) is 19.9 Å². The summed E-state index contributed by atoms with van der Waals surface area (Å²) < 4.78 is 5.24. The Kier molecular flexibility index (Phi) is 3.53. The maximum Gasteiger partial charge on any atom is 0.105 e. The number of furan rings is 1. The Bertz CT molecular complexity index is 394. The molecule has 2 aromatic heterocycles. The van der Waals surface area contributed by atoms with Gasteiger partial charge in [-0.1, -0.05) is 0 Å². The van der Waals surface area contributed by atoms with E-state index in [0.29, 0.717) is 0 Å². The van der Waals surface area contributed by atoms with Crippen LogP contribution >= 0.6 is 11.3 Å². The lowest BCUT2D eigenvalue weighted by Crippen LogP contribution is -2.16. The summed E-state index contributed by atoms with van der Waals surface area (Å²) in [5.74, 6) is 1.02. The summed E-state index contributed by atoms with van der Waals surface area (Å²) in [5, 5.41) is 6.55. The van der Waals surface area contributed by atoms with Gasteiger partial charge in [0.25, 0.3) is 0 Å². The number of aromatic nitrogens is 1. The van der Waals surface area contributed by atoms with Crippen LogP contribution in [0, 0.1) is 6.92 Å².